The molecule has 0 aliphatic carbocycles. The number of rotatable bonds is 5. The van der Waals surface area contributed by atoms with E-state index in [0.29, 0.717) is 5.69 Å². The monoisotopic (exact) mass is 357 g/mol. The fraction of sp³-hybridized carbons (Fsp3) is 0.278. The maximum atomic E-state index is 12.1. The fourth-order valence-corrected chi connectivity index (χ4v) is 2.72. The summed E-state index contributed by atoms with van der Waals surface area (Å²) in [6.45, 7) is 1.75. The lowest BCUT2D eigenvalue weighted by molar-refractivity contribution is 0.0695. The number of hydrogen-bond acceptors (Lipinski definition) is 4. The zero-order valence-electron chi connectivity index (χ0n) is 14.0. The summed E-state index contributed by atoms with van der Waals surface area (Å²) in [6, 6.07) is 8.21. The Morgan fingerprint density at radius 1 is 1.15 bits per heavy atom. The average Bonchev–Trinajstić information content (AvgIpc) is 3.31. The van der Waals surface area contributed by atoms with E-state index in [1.54, 1.807) is 23.1 Å². The molecule has 136 valence electrons. The minimum Gasteiger partial charge on any atom is -0.478 e. The predicted molar refractivity (Wildman–Crippen MR) is 93.1 cm³/mol. The second-order valence-electron chi connectivity index (χ2n) is 6.01. The number of carboxylic acids is 1. The first kappa shape index (κ1) is 17.5. The van der Waals surface area contributed by atoms with Crippen molar-refractivity contribution in [2.45, 2.75) is 19.4 Å². The number of hydrogen-bond donors (Lipinski definition) is 3. The first-order valence-corrected chi connectivity index (χ1v) is 8.28. The Morgan fingerprint density at radius 3 is 2.62 bits per heavy atom. The molecule has 3 N–H and O–H groups in total. The van der Waals surface area contributed by atoms with Gasteiger partial charge in [-0.15, -0.1) is 0 Å². The fourth-order valence-electron chi connectivity index (χ4n) is 2.72. The number of carbonyl (C=O) groups is 3. The number of nitrogens with one attached hydrogen (secondary N) is 2. The van der Waals surface area contributed by atoms with Crippen LogP contribution in [0.5, 0.6) is 0 Å². The summed E-state index contributed by atoms with van der Waals surface area (Å²) in [5, 5.41) is 14.3. The highest BCUT2D eigenvalue weighted by Crippen LogP contribution is 2.14. The van der Waals surface area contributed by atoms with Gasteiger partial charge in [0.15, 0.2) is 5.76 Å². The van der Waals surface area contributed by atoms with Gasteiger partial charge < -0.3 is 25.1 Å². The lowest BCUT2D eigenvalue weighted by Crippen LogP contribution is -2.32. The Hall–Kier alpha value is -3.29. The minimum atomic E-state index is -1.16. The summed E-state index contributed by atoms with van der Waals surface area (Å²) in [5.41, 5.74) is 1.36. The van der Waals surface area contributed by atoms with Gasteiger partial charge in [0.2, 0.25) is 0 Å². The van der Waals surface area contributed by atoms with Gasteiger partial charge >= 0.3 is 12.0 Å². The van der Waals surface area contributed by atoms with E-state index in [4.69, 9.17) is 9.52 Å². The van der Waals surface area contributed by atoms with E-state index in [1.165, 1.54) is 6.07 Å². The van der Waals surface area contributed by atoms with E-state index in [1.807, 2.05) is 6.07 Å². The number of anilines is 1. The Labute approximate surface area is 149 Å². The molecule has 0 bridgehead atoms. The van der Waals surface area contributed by atoms with Crippen molar-refractivity contribution >= 4 is 23.6 Å². The second-order valence-corrected chi connectivity index (χ2v) is 6.01. The summed E-state index contributed by atoms with van der Waals surface area (Å²) >= 11 is 0. The largest absolute Gasteiger partial charge is 0.478 e. The molecule has 0 atom stereocenters. The van der Waals surface area contributed by atoms with Crippen LogP contribution in [0.15, 0.2) is 41.0 Å². The lowest BCUT2D eigenvalue weighted by Gasteiger charge is -2.16. The Kier molecular flexibility index (Phi) is 5.21. The molecule has 1 aromatic heterocycles. The van der Waals surface area contributed by atoms with Crippen LogP contribution in [0.3, 0.4) is 0 Å². The molecular formula is C18H19N3O5. The van der Waals surface area contributed by atoms with Crippen LogP contribution >= 0.6 is 0 Å². The number of amides is 3. The highest BCUT2D eigenvalue weighted by atomic mass is 16.4. The van der Waals surface area contributed by atoms with Crippen molar-refractivity contribution in [3.63, 3.8) is 0 Å². The van der Waals surface area contributed by atoms with Crippen LogP contribution in [0.25, 0.3) is 0 Å². The van der Waals surface area contributed by atoms with Crippen LogP contribution in [0.1, 0.15) is 39.3 Å². The molecule has 1 aromatic carbocycles. The molecule has 0 radical (unpaired) electrons. The van der Waals surface area contributed by atoms with Crippen molar-refractivity contribution in [3.05, 3.63) is 53.5 Å². The zero-order valence-corrected chi connectivity index (χ0v) is 14.0. The summed E-state index contributed by atoms with van der Waals surface area (Å²) < 4.78 is 4.95. The Bertz CT molecular complexity index is 824. The zero-order chi connectivity index (χ0) is 18.5. The van der Waals surface area contributed by atoms with Gasteiger partial charge in [0.1, 0.15) is 6.26 Å². The molecule has 0 saturated carbocycles. The number of carbonyl (C=O) groups excluding carboxylic acids is 2. The number of furan rings is 1. The van der Waals surface area contributed by atoms with Crippen LogP contribution in [0, 0.1) is 0 Å². The molecule has 0 unspecified atom stereocenters. The van der Waals surface area contributed by atoms with Crippen LogP contribution < -0.4 is 10.6 Å². The van der Waals surface area contributed by atoms with Crippen LogP contribution in [0.2, 0.25) is 0 Å². The maximum absolute atomic E-state index is 12.1. The third kappa shape index (κ3) is 4.21. The van der Waals surface area contributed by atoms with Gasteiger partial charge in [0, 0.05) is 31.4 Å². The first-order chi connectivity index (χ1) is 12.5. The number of benzene rings is 1. The van der Waals surface area contributed by atoms with E-state index >= 15 is 0 Å². The smallest absolute Gasteiger partial charge is 0.338 e. The summed E-state index contributed by atoms with van der Waals surface area (Å²) in [5.74, 6) is -1.74. The summed E-state index contributed by atoms with van der Waals surface area (Å²) in [4.78, 5) is 36.7. The first-order valence-electron chi connectivity index (χ1n) is 8.28. The molecule has 1 saturated heterocycles. The molecule has 26 heavy (non-hydrogen) atoms. The summed E-state index contributed by atoms with van der Waals surface area (Å²) in [6.07, 6.45) is 3.07. The Morgan fingerprint density at radius 2 is 1.92 bits per heavy atom. The lowest BCUT2D eigenvalue weighted by atomic mass is 10.2. The van der Waals surface area contributed by atoms with Crippen molar-refractivity contribution in [1.29, 1.82) is 0 Å². The van der Waals surface area contributed by atoms with Gasteiger partial charge in [0.05, 0.1) is 5.56 Å². The number of likely N-dealkylation sites (tertiary alicyclic amines) is 1. The van der Waals surface area contributed by atoms with E-state index in [2.05, 4.69) is 10.6 Å². The van der Waals surface area contributed by atoms with Gasteiger partial charge in [-0.25, -0.2) is 9.59 Å². The van der Waals surface area contributed by atoms with Crippen molar-refractivity contribution in [3.8, 4) is 0 Å². The van der Waals surface area contributed by atoms with Gasteiger partial charge in [-0.3, -0.25) is 4.79 Å². The molecule has 3 rings (SSSR count). The molecule has 1 aliphatic rings. The molecule has 0 spiro atoms. The average molecular weight is 357 g/mol. The molecule has 3 amide bonds. The molecule has 8 heteroatoms. The summed E-state index contributed by atoms with van der Waals surface area (Å²) in [7, 11) is 0. The van der Waals surface area contributed by atoms with Crippen molar-refractivity contribution in [2.24, 2.45) is 0 Å². The number of urea groups is 1. The predicted octanol–water partition coefficient (Wildman–Crippen LogP) is 2.54. The highest BCUT2D eigenvalue weighted by molar-refractivity contribution is 5.95. The third-order valence-corrected chi connectivity index (χ3v) is 4.09. The minimum absolute atomic E-state index is 0.0686. The topological polar surface area (TPSA) is 112 Å². The quantitative estimate of drug-likeness (QED) is 0.761. The SMILES string of the molecule is O=C(O)c1coc(C(=O)NCc2cccc(NC(=O)N3CCCC3)c2)c1. The van der Waals surface area contributed by atoms with E-state index in [0.717, 1.165) is 37.8 Å². The maximum Gasteiger partial charge on any atom is 0.338 e. The molecule has 1 aliphatic heterocycles. The molecule has 8 nitrogen and oxygen atoms in total. The van der Waals surface area contributed by atoms with Crippen LogP contribution in [-0.4, -0.2) is 41.0 Å². The van der Waals surface area contributed by atoms with Crippen LogP contribution in [-0.2, 0) is 6.54 Å². The second kappa shape index (κ2) is 7.73. The van der Waals surface area contributed by atoms with Gasteiger partial charge in [-0.1, -0.05) is 12.1 Å². The molecule has 2 aromatic rings. The number of carboxylic acid groups (broad SMARTS) is 1. The van der Waals surface area contributed by atoms with Crippen molar-refractivity contribution in [2.75, 3.05) is 18.4 Å². The van der Waals surface area contributed by atoms with E-state index in [9.17, 15) is 14.4 Å². The van der Waals surface area contributed by atoms with Crippen molar-refractivity contribution in [1.82, 2.24) is 10.2 Å². The van der Waals surface area contributed by atoms with E-state index in [-0.39, 0.29) is 23.9 Å². The Balaban J connectivity index is 1.56. The third-order valence-electron chi connectivity index (χ3n) is 4.09. The van der Waals surface area contributed by atoms with Crippen LogP contribution in [0.4, 0.5) is 10.5 Å². The number of nitrogens with zero attached hydrogens (tertiary/aromatic N) is 1. The molecule has 2 heterocycles. The van der Waals surface area contributed by atoms with Gasteiger partial charge in [0.25, 0.3) is 5.91 Å². The van der Waals surface area contributed by atoms with Gasteiger partial charge in [-0.05, 0) is 30.5 Å². The van der Waals surface area contributed by atoms with E-state index < -0.39 is 11.9 Å². The standard InChI is InChI=1S/C18H19N3O5/c22-16(15-9-13(11-26-15)17(23)24)19-10-12-4-3-5-14(8-12)20-18(25)21-6-1-2-7-21/h3-5,8-9,11H,1-2,6-7,10H2,(H,19,22)(H,20,25)(H,23,24). The normalized spacial score (nSPS) is 13.5. The number of aromatic carboxylic acids is 1. The molecular weight excluding hydrogens is 338 g/mol. The van der Waals surface area contributed by atoms with Crippen molar-refractivity contribution < 1.29 is 23.9 Å². The molecule has 1 fully saturated rings. The van der Waals surface area contributed by atoms with Gasteiger partial charge in [-0.2, -0.15) is 0 Å². The highest BCUT2D eigenvalue weighted by Gasteiger charge is 2.18.